The largest absolute Gasteiger partial charge is 0.510 e. The van der Waals surface area contributed by atoms with Crippen molar-refractivity contribution in [1.82, 2.24) is 0 Å². The van der Waals surface area contributed by atoms with Gasteiger partial charge in [0.25, 0.3) is 0 Å². The molecular weight excluding hydrogens is 268 g/mol. The van der Waals surface area contributed by atoms with Gasteiger partial charge in [-0.3, -0.25) is 0 Å². The van der Waals surface area contributed by atoms with Crippen LogP contribution in [0.1, 0.15) is 24.0 Å². The average Bonchev–Trinajstić information content (AvgIpc) is 2.53. The van der Waals surface area contributed by atoms with E-state index in [1.807, 2.05) is 18.2 Å². The number of rotatable bonds is 3. The summed E-state index contributed by atoms with van der Waals surface area (Å²) in [5.74, 6) is 0.451. The van der Waals surface area contributed by atoms with Crippen molar-refractivity contribution in [2.75, 3.05) is 0 Å². The van der Waals surface area contributed by atoms with Crippen molar-refractivity contribution in [2.45, 2.75) is 25.3 Å². The molecule has 108 valence electrons. The molecule has 5 nitrogen and oxygen atoms in total. The first-order chi connectivity index (χ1) is 10.3. The van der Waals surface area contributed by atoms with Crippen molar-refractivity contribution in [1.29, 1.82) is 0 Å². The van der Waals surface area contributed by atoms with Gasteiger partial charge in [-0.1, -0.05) is 30.4 Å². The minimum Gasteiger partial charge on any atom is -0.510 e. The summed E-state index contributed by atoms with van der Waals surface area (Å²) in [7, 11) is 0. The van der Waals surface area contributed by atoms with Crippen molar-refractivity contribution in [2.24, 2.45) is 10.2 Å². The van der Waals surface area contributed by atoms with Gasteiger partial charge in [-0.05, 0) is 37.0 Å². The number of aryl methyl sites for hydroxylation is 1. The zero-order chi connectivity index (χ0) is 14.7. The molecule has 3 rings (SSSR count). The van der Waals surface area contributed by atoms with Gasteiger partial charge in [0.15, 0.2) is 5.75 Å². The molecule has 0 heterocycles. The first kappa shape index (κ1) is 13.6. The molecule has 0 spiro atoms. The van der Waals surface area contributed by atoms with Crippen LogP contribution in [0.2, 0.25) is 0 Å². The predicted molar refractivity (Wildman–Crippen MR) is 79.8 cm³/mol. The monoisotopic (exact) mass is 284 g/mol. The molecule has 0 fully saturated rings. The van der Waals surface area contributed by atoms with E-state index in [-0.39, 0.29) is 17.6 Å². The van der Waals surface area contributed by atoms with Gasteiger partial charge in [-0.25, -0.2) is 5.26 Å². The number of fused-ring (bicyclic) bond motifs is 1. The van der Waals surface area contributed by atoms with E-state index in [1.165, 1.54) is 0 Å². The molecule has 0 aromatic heterocycles. The van der Waals surface area contributed by atoms with E-state index < -0.39 is 0 Å². The molecule has 0 saturated carbocycles. The average molecular weight is 284 g/mol. The van der Waals surface area contributed by atoms with Gasteiger partial charge >= 0.3 is 0 Å². The number of benzene rings is 1. The summed E-state index contributed by atoms with van der Waals surface area (Å²) >= 11 is 0. The number of nitrogens with zero attached hydrogens (tertiary/aromatic N) is 2. The van der Waals surface area contributed by atoms with Crippen molar-refractivity contribution in [3.63, 3.8) is 0 Å². The smallest absolute Gasteiger partial charge is 0.193 e. The van der Waals surface area contributed by atoms with Gasteiger partial charge in [0.2, 0.25) is 0 Å². The quantitative estimate of drug-likeness (QED) is 0.492. The summed E-state index contributed by atoms with van der Waals surface area (Å²) in [6.07, 6.45) is 11.9. The third-order valence-corrected chi connectivity index (χ3v) is 3.63. The molecule has 2 aliphatic carbocycles. The summed E-state index contributed by atoms with van der Waals surface area (Å²) in [6, 6.07) is 3.22. The first-order valence-electron chi connectivity index (χ1n) is 6.90. The van der Waals surface area contributed by atoms with E-state index in [0.29, 0.717) is 12.1 Å². The van der Waals surface area contributed by atoms with Crippen LogP contribution >= 0.6 is 0 Å². The van der Waals surface area contributed by atoms with Crippen LogP contribution in [0.5, 0.6) is 5.75 Å². The van der Waals surface area contributed by atoms with Crippen LogP contribution in [0.15, 0.2) is 52.4 Å². The lowest BCUT2D eigenvalue weighted by molar-refractivity contribution is -0.137. The van der Waals surface area contributed by atoms with Gasteiger partial charge in [-0.2, -0.15) is 10.2 Å². The maximum atomic E-state index is 9.77. The summed E-state index contributed by atoms with van der Waals surface area (Å²) in [4.78, 5) is 4.40. The van der Waals surface area contributed by atoms with Crippen LogP contribution in [0.3, 0.4) is 0 Å². The summed E-state index contributed by atoms with van der Waals surface area (Å²) in [5.41, 5.74) is 2.55. The Morgan fingerprint density at radius 3 is 2.95 bits per heavy atom. The maximum Gasteiger partial charge on any atom is 0.193 e. The zero-order valence-corrected chi connectivity index (χ0v) is 11.4. The minimum absolute atomic E-state index is 0.188. The predicted octanol–water partition coefficient (Wildman–Crippen LogP) is 4.35. The van der Waals surface area contributed by atoms with Crippen molar-refractivity contribution in [3.05, 3.63) is 53.3 Å². The molecule has 0 saturated heterocycles. The Hall–Kier alpha value is -2.40. The minimum atomic E-state index is -0.384. The van der Waals surface area contributed by atoms with Crippen molar-refractivity contribution >= 4 is 11.8 Å². The van der Waals surface area contributed by atoms with Crippen molar-refractivity contribution in [3.8, 4) is 5.75 Å². The van der Waals surface area contributed by atoms with Crippen LogP contribution in [0, 0.1) is 0 Å². The second-order valence-corrected chi connectivity index (χ2v) is 5.00. The van der Waals surface area contributed by atoms with Crippen LogP contribution in [0.25, 0.3) is 6.08 Å². The lowest BCUT2D eigenvalue weighted by atomic mass is 9.95. The van der Waals surface area contributed by atoms with Gasteiger partial charge in [0.1, 0.15) is 17.5 Å². The second kappa shape index (κ2) is 5.93. The van der Waals surface area contributed by atoms with Crippen LogP contribution < -0.4 is 4.89 Å². The Balaban J connectivity index is 1.96. The third-order valence-electron chi connectivity index (χ3n) is 3.63. The van der Waals surface area contributed by atoms with Crippen LogP contribution in [-0.2, 0) is 6.42 Å². The second-order valence-electron chi connectivity index (χ2n) is 5.00. The van der Waals surface area contributed by atoms with Crippen LogP contribution in [-0.4, -0.2) is 16.4 Å². The number of hydrogen-bond acceptors (Lipinski definition) is 5. The van der Waals surface area contributed by atoms with Gasteiger partial charge in [0, 0.05) is 5.56 Å². The molecular formula is C16H16N2O3. The van der Waals surface area contributed by atoms with Crippen molar-refractivity contribution < 1.29 is 15.3 Å². The molecule has 1 atom stereocenters. The Labute approximate surface area is 122 Å². The first-order valence-corrected chi connectivity index (χ1v) is 6.90. The van der Waals surface area contributed by atoms with Crippen LogP contribution in [0.4, 0.5) is 5.69 Å². The summed E-state index contributed by atoms with van der Waals surface area (Å²) in [5, 5.41) is 27.2. The molecule has 21 heavy (non-hydrogen) atoms. The molecule has 1 aromatic carbocycles. The highest BCUT2D eigenvalue weighted by Gasteiger charge is 2.17. The Kier molecular flexibility index (Phi) is 3.83. The molecule has 0 bridgehead atoms. The molecule has 1 unspecified atom stereocenters. The van der Waals surface area contributed by atoms with E-state index in [1.54, 1.807) is 18.2 Å². The van der Waals surface area contributed by atoms with Gasteiger partial charge in [-0.15, -0.1) is 0 Å². The van der Waals surface area contributed by atoms with E-state index in [4.69, 9.17) is 5.26 Å². The van der Waals surface area contributed by atoms with E-state index in [9.17, 15) is 5.11 Å². The molecule has 0 radical (unpaired) electrons. The molecule has 2 aliphatic rings. The number of hydrogen-bond donors (Lipinski definition) is 2. The number of azo groups is 1. The lowest BCUT2D eigenvalue weighted by Gasteiger charge is -2.15. The Morgan fingerprint density at radius 2 is 2.14 bits per heavy atom. The molecule has 2 N–H and O–H groups in total. The molecule has 1 aromatic rings. The number of aliphatic hydroxyl groups is 1. The van der Waals surface area contributed by atoms with E-state index in [2.05, 4.69) is 21.2 Å². The Morgan fingerprint density at radius 1 is 1.24 bits per heavy atom. The molecule has 0 amide bonds. The third kappa shape index (κ3) is 2.73. The van der Waals surface area contributed by atoms with Gasteiger partial charge < -0.3 is 9.99 Å². The molecule has 5 heteroatoms. The number of allylic oxidation sites excluding steroid dienone is 3. The fourth-order valence-electron chi connectivity index (χ4n) is 2.49. The van der Waals surface area contributed by atoms with E-state index >= 15 is 0 Å². The standard InChI is InChI=1S/C16H16N2O3/c19-14-8-4-3-7-13(14)17-18-16-12-6-2-1-5-11(12)9-10-15(16)21-20/h2-4,6,8-10,13,19-20H,1,5,7H2. The SMILES string of the molecule is OOc1ccc2c(c1N=NC1CC=CC=C1O)C=CCC2. The number of aliphatic hydroxyl groups excluding tert-OH is 1. The zero-order valence-electron chi connectivity index (χ0n) is 11.4. The maximum absolute atomic E-state index is 9.77. The highest BCUT2D eigenvalue weighted by atomic mass is 17.1. The lowest BCUT2D eigenvalue weighted by Crippen LogP contribution is -2.08. The Bertz CT molecular complexity index is 660. The molecule has 0 aliphatic heterocycles. The van der Waals surface area contributed by atoms with E-state index in [0.717, 1.165) is 24.0 Å². The highest BCUT2D eigenvalue weighted by molar-refractivity contribution is 5.73. The fraction of sp³-hybridized carbons (Fsp3) is 0.250. The summed E-state index contributed by atoms with van der Waals surface area (Å²) in [6.45, 7) is 0. The summed E-state index contributed by atoms with van der Waals surface area (Å²) < 4.78 is 0. The fourth-order valence-corrected chi connectivity index (χ4v) is 2.49. The topological polar surface area (TPSA) is 74.4 Å². The highest BCUT2D eigenvalue weighted by Crippen LogP contribution is 2.37. The normalized spacial score (nSPS) is 20.4. The van der Waals surface area contributed by atoms with Gasteiger partial charge in [0.05, 0.1) is 0 Å².